The molecule has 0 bridgehead atoms. The van der Waals surface area contributed by atoms with Gasteiger partial charge >= 0.3 is 0 Å². The van der Waals surface area contributed by atoms with Crippen molar-refractivity contribution in [2.45, 2.75) is 0 Å². The fourth-order valence-corrected chi connectivity index (χ4v) is 3.60. The summed E-state index contributed by atoms with van der Waals surface area (Å²) in [5.74, 6) is 1.09. The van der Waals surface area contributed by atoms with Gasteiger partial charge in [-0.05, 0) is 19.2 Å². The highest BCUT2D eigenvalue weighted by atomic mass is 16.5. The quantitative estimate of drug-likeness (QED) is 0.480. The molecular weight excluding hydrogens is 392 g/mol. The number of hydrogen-bond acceptors (Lipinski definition) is 6. The minimum Gasteiger partial charge on any atom is -0.496 e. The van der Waals surface area contributed by atoms with Gasteiger partial charge in [0.15, 0.2) is 5.65 Å². The molecule has 0 saturated carbocycles. The summed E-state index contributed by atoms with van der Waals surface area (Å²) in [6.45, 7) is 1.73. The number of aromatic nitrogens is 4. The standard InChI is InChI=1S/C23H26N6O2/c1-24-12-13-28(2)16-10-11-17(18(14-16)31-4)21-25-22-19(23(30)26-21)20(27-29(22)3)15-8-6-5-7-9-15/h5-11,14,24H,12-13H2,1-4H3,(H,25,26,30). The predicted molar refractivity (Wildman–Crippen MR) is 124 cm³/mol. The fraction of sp³-hybridized carbons (Fsp3) is 0.261. The molecule has 0 spiro atoms. The predicted octanol–water partition coefficient (Wildman–Crippen LogP) is 2.65. The third-order valence-electron chi connectivity index (χ3n) is 5.32. The number of methoxy groups -OCH3 is 1. The van der Waals surface area contributed by atoms with E-state index in [1.54, 1.807) is 18.8 Å². The Kier molecular flexibility index (Phi) is 5.73. The molecule has 0 aliphatic rings. The van der Waals surface area contributed by atoms with Gasteiger partial charge in [-0.3, -0.25) is 4.79 Å². The van der Waals surface area contributed by atoms with E-state index in [4.69, 9.17) is 9.72 Å². The van der Waals surface area contributed by atoms with Crippen molar-refractivity contribution in [2.24, 2.45) is 7.05 Å². The molecule has 160 valence electrons. The lowest BCUT2D eigenvalue weighted by Crippen LogP contribution is -2.27. The fourth-order valence-electron chi connectivity index (χ4n) is 3.60. The van der Waals surface area contributed by atoms with E-state index >= 15 is 0 Å². The van der Waals surface area contributed by atoms with E-state index in [-0.39, 0.29) is 5.56 Å². The van der Waals surface area contributed by atoms with E-state index < -0.39 is 0 Å². The molecule has 31 heavy (non-hydrogen) atoms. The van der Waals surface area contributed by atoms with Gasteiger partial charge in [0.05, 0.1) is 12.7 Å². The average Bonchev–Trinajstić information content (AvgIpc) is 3.14. The number of rotatable bonds is 7. The number of anilines is 1. The second kappa shape index (κ2) is 8.61. The average molecular weight is 419 g/mol. The number of ether oxygens (including phenoxy) is 1. The van der Waals surface area contributed by atoms with Crippen molar-refractivity contribution in [3.8, 4) is 28.4 Å². The molecule has 0 atom stereocenters. The molecule has 0 aliphatic heterocycles. The second-order valence-corrected chi connectivity index (χ2v) is 7.36. The molecular formula is C23H26N6O2. The Morgan fingerprint density at radius 2 is 1.97 bits per heavy atom. The van der Waals surface area contributed by atoms with Crippen LogP contribution in [0.15, 0.2) is 53.3 Å². The first-order chi connectivity index (χ1) is 15.0. The maximum Gasteiger partial charge on any atom is 0.262 e. The van der Waals surface area contributed by atoms with Gasteiger partial charge in [0.25, 0.3) is 5.56 Å². The maximum absolute atomic E-state index is 13.1. The van der Waals surface area contributed by atoms with Crippen LogP contribution in [-0.4, -0.2) is 54.0 Å². The molecule has 4 aromatic rings. The number of fused-ring (bicyclic) bond motifs is 1. The summed E-state index contributed by atoms with van der Waals surface area (Å²) in [6, 6.07) is 15.5. The monoisotopic (exact) mass is 418 g/mol. The number of likely N-dealkylation sites (N-methyl/N-ethyl adjacent to an activating group) is 2. The summed E-state index contributed by atoms with van der Waals surface area (Å²) in [5.41, 5.74) is 3.52. The van der Waals surface area contributed by atoms with Crippen LogP contribution in [0.4, 0.5) is 5.69 Å². The summed E-state index contributed by atoms with van der Waals surface area (Å²) < 4.78 is 7.27. The number of nitrogens with zero attached hydrogens (tertiary/aromatic N) is 4. The van der Waals surface area contributed by atoms with Crippen LogP contribution < -0.4 is 20.5 Å². The van der Waals surface area contributed by atoms with E-state index in [9.17, 15) is 4.79 Å². The molecule has 0 amide bonds. The smallest absolute Gasteiger partial charge is 0.262 e. The Morgan fingerprint density at radius 3 is 2.68 bits per heavy atom. The van der Waals surface area contributed by atoms with Gasteiger partial charge in [-0.2, -0.15) is 5.10 Å². The maximum atomic E-state index is 13.1. The lowest BCUT2D eigenvalue weighted by molar-refractivity contribution is 0.416. The third-order valence-corrected chi connectivity index (χ3v) is 5.32. The first-order valence-corrected chi connectivity index (χ1v) is 10.1. The molecule has 8 heteroatoms. The summed E-state index contributed by atoms with van der Waals surface area (Å²) in [4.78, 5) is 22.9. The summed E-state index contributed by atoms with van der Waals surface area (Å²) >= 11 is 0. The van der Waals surface area contributed by atoms with E-state index in [0.717, 1.165) is 29.9 Å². The lowest BCUT2D eigenvalue weighted by atomic mass is 10.1. The topological polar surface area (TPSA) is 88.1 Å². The van der Waals surface area contributed by atoms with E-state index in [1.165, 1.54) is 0 Å². The molecule has 0 unspecified atom stereocenters. The van der Waals surface area contributed by atoms with Crippen molar-refractivity contribution in [2.75, 3.05) is 39.2 Å². The van der Waals surface area contributed by atoms with E-state index in [2.05, 4.69) is 20.3 Å². The zero-order valence-corrected chi connectivity index (χ0v) is 18.1. The summed E-state index contributed by atoms with van der Waals surface area (Å²) in [7, 11) is 7.36. The highest BCUT2D eigenvalue weighted by molar-refractivity contribution is 5.91. The van der Waals surface area contributed by atoms with Crippen LogP contribution in [0.25, 0.3) is 33.7 Å². The van der Waals surface area contributed by atoms with Gasteiger partial charge in [0, 0.05) is 44.5 Å². The minimum atomic E-state index is -0.232. The Bertz CT molecular complexity index is 1260. The molecule has 8 nitrogen and oxygen atoms in total. The number of aryl methyl sites for hydroxylation is 1. The molecule has 2 aromatic heterocycles. The van der Waals surface area contributed by atoms with Crippen LogP contribution in [0.5, 0.6) is 5.75 Å². The zero-order chi connectivity index (χ0) is 22.0. The minimum absolute atomic E-state index is 0.232. The van der Waals surface area contributed by atoms with E-state index in [0.29, 0.717) is 28.3 Å². The van der Waals surface area contributed by atoms with Gasteiger partial charge in [0.1, 0.15) is 22.7 Å². The van der Waals surface area contributed by atoms with Crippen molar-refractivity contribution in [3.63, 3.8) is 0 Å². The highest BCUT2D eigenvalue weighted by Gasteiger charge is 2.19. The van der Waals surface area contributed by atoms with Crippen molar-refractivity contribution >= 4 is 16.7 Å². The van der Waals surface area contributed by atoms with Crippen molar-refractivity contribution in [1.82, 2.24) is 25.1 Å². The molecule has 0 saturated heterocycles. The molecule has 2 heterocycles. The van der Waals surface area contributed by atoms with Crippen LogP contribution in [0.3, 0.4) is 0 Å². The highest BCUT2D eigenvalue weighted by Crippen LogP contribution is 2.32. The molecule has 2 N–H and O–H groups in total. The Balaban J connectivity index is 1.80. The molecule has 4 rings (SSSR count). The number of hydrogen-bond donors (Lipinski definition) is 2. The first kappa shape index (κ1) is 20.6. The van der Waals surface area contributed by atoms with Crippen molar-refractivity contribution < 1.29 is 4.74 Å². The second-order valence-electron chi connectivity index (χ2n) is 7.36. The first-order valence-electron chi connectivity index (χ1n) is 10.1. The molecule has 2 aromatic carbocycles. The largest absolute Gasteiger partial charge is 0.496 e. The third kappa shape index (κ3) is 3.89. The van der Waals surface area contributed by atoms with Gasteiger partial charge in [-0.1, -0.05) is 30.3 Å². The Hall–Kier alpha value is -3.65. The summed E-state index contributed by atoms with van der Waals surface area (Å²) in [5, 5.41) is 8.17. The summed E-state index contributed by atoms with van der Waals surface area (Å²) in [6.07, 6.45) is 0. The Labute approximate surface area is 180 Å². The van der Waals surface area contributed by atoms with Crippen LogP contribution in [0.1, 0.15) is 0 Å². The van der Waals surface area contributed by atoms with E-state index in [1.807, 2.05) is 62.6 Å². The zero-order valence-electron chi connectivity index (χ0n) is 18.1. The van der Waals surface area contributed by atoms with Gasteiger partial charge in [0.2, 0.25) is 0 Å². The number of nitrogens with one attached hydrogen (secondary N) is 2. The van der Waals surface area contributed by atoms with Crippen LogP contribution in [0.2, 0.25) is 0 Å². The lowest BCUT2D eigenvalue weighted by Gasteiger charge is -2.20. The van der Waals surface area contributed by atoms with Crippen molar-refractivity contribution in [3.05, 3.63) is 58.9 Å². The molecule has 0 aliphatic carbocycles. The van der Waals surface area contributed by atoms with Crippen molar-refractivity contribution in [1.29, 1.82) is 0 Å². The SMILES string of the molecule is CNCCN(C)c1ccc(-c2nc3c(c(-c4ccccc4)nn3C)c(=O)[nH]2)c(OC)c1. The van der Waals surface area contributed by atoms with Crippen LogP contribution in [0, 0.1) is 0 Å². The normalized spacial score (nSPS) is 11.1. The van der Waals surface area contributed by atoms with Gasteiger partial charge in [-0.25, -0.2) is 9.67 Å². The van der Waals surface area contributed by atoms with Gasteiger partial charge < -0.3 is 19.9 Å². The molecule has 0 fully saturated rings. The number of aromatic amines is 1. The van der Waals surface area contributed by atoms with Crippen LogP contribution in [-0.2, 0) is 7.05 Å². The number of benzene rings is 2. The molecule has 0 radical (unpaired) electrons. The Morgan fingerprint density at radius 1 is 1.19 bits per heavy atom. The van der Waals surface area contributed by atoms with Crippen LogP contribution >= 0.6 is 0 Å². The van der Waals surface area contributed by atoms with Gasteiger partial charge in [-0.15, -0.1) is 0 Å². The number of H-pyrrole nitrogens is 1.